The largest absolute Gasteiger partial charge is 0.271 e. The predicted molar refractivity (Wildman–Crippen MR) is 113 cm³/mol. The number of halogens is 1. The summed E-state index contributed by atoms with van der Waals surface area (Å²) in [4.78, 5) is 28.9. The van der Waals surface area contributed by atoms with Crippen LogP contribution in [0.3, 0.4) is 0 Å². The van der Waals surface area contributed by atoms with E-state index in [-0.39, 0.29) is 0 Å². The number of aryl methyl sites for hydroxylation is 2. The number of hydrogen-bond donors (Lipinski definition) is 2. The number of amides is 2. The highest BCUT2D eigenvalue weighted by atomic mass is 35.5. The van der Waals surface area contributed by atoms with Gasteiger partial charge < -0.3 is 0 Å². The Balaban J connectivity index is 1.73. The Labute approximate surface area is 174 Å². The van der Waals surface area contributed by atoms with E-state index in [0.29, 0.717) is 21.7 Å². The molecule has 0 saturated heterocycles. The zero-order valence-corrected chi connectivity index (χ0v) is 16.7. The van der Waals surface area contributed by atoms with Crippen LogP contribution in [0, 0.1) is 25.7 Å². The molecule has 2 amide bonds. The van der Waals surface area contributed by atoms with Crippen LogP contribution >= 0.6 is 11.6 Å². The number of carbonyl (C=O) groups is 2. The highest BCUT2D eigenvalue weighted by Crippen LogP contribution is 2.19. The van der Waals surface area contributed by atoms with E-state index >= 15 is 0 Å². The molecule has 29 heavy (non-hydrogen) atoms. The topological polar surface area (TPSA) is 71.1 Å². The fourth-order valence-electron chi connectivity index (χ4n) is 2.64. The van der Waals surface area contributed by atoms with Crippen LogP contribution in [-0.2, 0) is 0 Å². The molecule has 5 nitrogen and oxygen atoms in total. The minimum atomic E-state index is -0.481. The van der Waals surface area contributed by atoms with Gasteiger partial charge in [-0.05, 0) is 55.3 Å². The molecule has 2 N–H and O–H groups in total. The summed E-state index contributed by atoms with van der Waals surface area (Å²) in [5.41, 5.74) is 8.67. The molecule has 3 rings (SSSR count). The molecule has 0 fully saturated rings. The Morgan fingerprint density at radius 3 is 2.45 bits per heavy atom. The van der Waals surface area contributed by atoms with Gasteiger partial charge in [-0.1, -0.05) is 41.6 Å². The van der Waals surface area contributed by atoms with Gasteiger partial charge in [0.25, 0.3) is 11.8 Å². The predicted octanol–water partition coefficient (Wildman–Crippen LogP) is 3.83. The van der Waals surface area contributed by atoms with Crippen molar-refractivity contribution in [2.24, 2.45) is 0 Å². The third-order valence-electron chi connectivity index (χ3n) is 4.24. The summed E-state index contributed by atoms with van der Waals surface area (Å²) in [6.45, 7) is 3.69. The van der Waals surface area contributed by atoms with Gasteiger partial charge in [-0.25, -0.2) is 0 Å². The SMILES string of the molecule is Cc1ccc(C(=O)NNC(=O)c2c(C)cccc2Cl)cc1C#Cc1cccnc1. The number of nitrogens with zero attached hydrogens (tertiary/aromatic N) is 1. The molecule has 0 aliphatic carbocycles. The summed E-state index contributed by atoms with van der Waals surface area (Å²) < 4.78 is 0. The van der Waals surface area contributed by atoms with Crippen molar-refractivity contribution < 1.29 is 9.59 Å². The summed E-state index contributed by atoms with van der Waals surface area (Å²) in [6.07, 6.45) is 3.35. The highest BCUT2D eigenvalue weighted by Gasteiger charge is 2.14. The highest BCUT2D eigenvalue weighted by molar-refractivity contribution is 6.34. The Morgan fingerprint density at radius 1 is 0.931 bits per heavy atom. The second-order valence-electron chi connectivity index (χ2n) is 6.36. The van der Waals surface area contributed by atoms with Crippen molar-refractivity contribution in [2.75, 3.05) is 0 Å². The lowest BCUT2D eigenvalue weighted by molar-refractivity contribution is 0.0846. The monoisotopic (exact) mass is 403 g/mol. The first-order valence-electron chi connectivity index (χ1n) is 8.84. The maximum absolute atomic E-state index is 12.5. The van der Waals surface area contributed by atoms with E-state index in [2.05, 4.69) is 27.7 Å². The van der Waals surface area contributed by atoms with Gasteiger partial charge in [-0.3, -0.25) is 25.4 Å². The van der Waals surface area contributed by atoms with E-state index in [1.54, 1.807) is 49.6 Å². The molecule has 1 heterocycles. The third-order valence-corrected chi connectivity index (χ3v) is 4.56. The molecule has 0 saturated carbocycles. The summed E-state index contributed by atoms with van der Waals surface area (Å²) in [7, 11) is 0. The van der Waals surface area contributed by atoms with E-state index in [1.165, 1.54) is 0 Å². The first-order chi connectivity index (χ1) is 14.0. The van der Waals surface area contributed by atoms with Crippen LogP contribution in [0.1, 0.15) is 43.0 Å². The molecule has 0 aliphatic rings. The molecule has 0 radical (unpaired) electrons. The Kier molecular flexibility index (Phi) is 6.28. The van der Waals surface area contributed by atoms with Crippen LogP contribution < -0.4 is 10.9 Å². The smallest absolute Gasteiger partial charge is 0.267 e. The average Bonchev–Trinajstić information content (AvgIpc) is 2.72. The van der Waals surface area contributed by atoms with E-state index in [0.717, 1.165) is 16.7 Å². The molecule has 0 spiro atoms. The average molecular weight is 404 g/mol. The van der Waals surface area contributed by atoms with Gasteiger partial charge in [0, 0.05) is 29.1 Å². The normalized spacial score (nSPS) is 9.90. The summed E-state index contributed by atoms with van der Waals surface area (Å²) in [6, 6.07) is 14.0. The maximum Gasteiger partial charge on any atom is 0.271 e. The minimum absolute atomic E-state index is 0.319. The van der Waals surface area contributed by atoms with Gasteiger partial charge in [0.15, 0.2) is 0 Å². The molecule has 144 valence electrons. The number of pyridine rings is 1. The van der Waals surface area contributed by atoms with Crippen LogP contribution in [0.15, 0.2) is 60.9 Å². The summed E-state index contributed by atoms with van der Waals surface area (Å²) >= 11 is 6.09. The van der Waals surface area contributed by atoms with Gasteiger partial charge in [0.1, 0.15) is 0 Å². The fourth-order valence-corrected chi connectivity index (χ4v) is 2.95. The van der Waals surface area contributed by atoms with Gasteiger partial charge in [0.2, 0.25) is 0 Å². The van der Waals surface area contributed by atoms with Crippen molar-refractivity contribution in [3.63, 3.8) is 0 Å². The molecule has 3 aromatic rings. The van der Waals surface area contributed by atoms with Gasteiger partial charge in [0.05, 0.1) is 10.6 Å². The van der Waals surface area contributed by atoms with E-state index in [1.807, 2.05) is 25.1 Å². The molecule has 0 aliphatic heterocycles. The number of benzene rings is 2. The second-order valence-corrected chi connectivity index (χ2v) is 6.77. The lowest BCUT2D eigenvalue weighted by Gasteiger charge is -2.11. The summed E-state index contributed by atoms with van der Waals surface area (Å²) in [5, 5.41) is 0.319. The zero-order valence-electron chi connectivity index (χ0n) is 15.9. The zero-order chi connectivity index (χ0) is 20.8. The maximum atomic E-state index is 12.5. The van der Waals surface area contributed by atoms with Crippen molar-refractivity contribution >= 4 is 23.4 Å². The van der Waals surface area contributed by atoms with Crippen molar-refractivity contribution in [3.8, 4) is 11.8 Å². The van der Waals surface area contributed by atoms with Crippen LogP contribution in [-0.4, -0.2) is 16.8 Å². The lowest BCUT2D eigenvalue weighted by atomic mass is 10.0. The van der Waals surface area contributed by atoms with E-state index in [9.17, 15) is 9.59 Å². The molecule has 6 heteroatoms. The minimum Gasteiger partial charge on any atom is -0.267 e. The number of aromatic nitrogens is 1. The first-order valence-corrected chi connectivity index (χ1v) is 9.22. The number of rotatable bonds is 2. The van der Waals surface area contributed by atoms with Gasteiger partial charge in [-0.2, -0.15) is 0 Å². The molecule has 0 atom stereocenters. The standard InChI is InChI=1S/C23H18ClN3O2/c1-15-8-10-19(13-18(15)11-9-17-6-4-12-25-14-17)22(28)26-27-23(29)21-16(2)5-3-7-20(21)24/h3-8,10,12-14H,1-2H3,(H,26,28)(H,27,29). The molecule has 2 aromatic carbocycles. The van der Waals surface area contributed by atoms with E-state index < -0.39 is 11.8 Å². The third kappa shape index (κ3) is 5.01. The van der Waals surface area contributed by atoms with E-state index in [4.69, 9.17) is 11.6 Å². The molecule has 0 bridgehead atoms. The van der Waals surface area contributed by atoms with Crippen LogP contribution in [0.5, 0.6) is 0 Å². The second kappa shape index (κ2) is 9.05. The summed E-state index contributed by atoms with van der Waals surface area (Å²) in [5.74, 6) is 5.15. The Hall–Kier alpha value is -3.62. The first kappa shape index (κ1) is 20.1. The van der Waals surface area contributed by atoms with Crippen LogP contribution in [0.25, 0.3) is 0 Å². The van der Waals surface area contributed by atoms with Crippen molar-refractivity contribution in [2.45, 2.75) is 13.8 Å². The van der Waals surface area contributed by atoms with Crippen molar-refractivity contribution in [1.82, 2.24) is 15.8 Å². The Bertz CT molecular complexity index is 1110. The van der Waals surface area contributed by atoms with Gasteiger partial charge >= 0.3 is 0 Å². The Morgan fingerprint density at radius 2 is 1.72 bits per heavy atom. The van der Waals surface area contributed by atoms with Crippen molar-refractivity contribution in [3.05, 3.63) is 99.3 Å². The number of nitrogens with one attached hydrogen (secondary N) is 2. The van der Waals surface area contributed by atoms with Crippen LogP contribution in [0.2, 0.25) is 5.02 Å². The molecular formula is C23H18ClN3O2. The molecule has 0 unspecified atom stereocenters. The molecular weight excluding hydrogens is 386 g/mol. The number of carbonyl (C=O) groups excluding carboxylic acids is 2. The lowest BCUT2D eigenvalue weighted by Crippen LogP contribution is -2.42. The quantitative estimate of drug-likeness (QED) is 0.504. The van der Waals surface area contributed by atoms with Crippen LogP contribution in [0.4, 0.5) is 0 Å². The molecule has 1 aromatic heterocycles. The van der Waals surface area contributed by atoms with Gasteiger partial charge in [-0.15, -0.1) is 0 Å². The number of hydrazine groups is 1. The number of hydrogen-bond acceptors (Lipinski definition) is 3. The fraction of sp³-hybridized carbons (Fsp3) is 0.0870. The van der Waals surface area contributed by atoms with Crippen molar-refractivity contribution in [1.29, 1.82) is 0 Å².